The predicted octanol–water partition coefficient (Wildman–Crippen LogP) is 12.3. The number of methoxy groups -OCH3 is 2. The molecule has 6 heterocycles. The van der Waals surface area contributed by atoms with Gasteiger partial charge >= 0.3 is 5.92 Å². The van der Waals surface area contributed by atoms with E-state index in [0.29, 0.717) is 21.8 Å². The van der Waals surface area contributed by atoms with Gasteiger partial charge in [0.05, 0.1) is 14.2 Å². The van der Waals surface area contributed by atoms with Gasteiger partial charge in [-0.15, -0.1) is 0 Å². The van der Waals surface area contributed by atoms with Crippen LogP contribution in [0.2, 0.25) is 0 Å². The topological polar surface area (TPSA) is 194 Å². The fourth-order valence-electron chi connectivity index (χ4n) is 8.58. The third kappa shape index (κ3) is 10.0. The number of benzene rings is 6. The van der Waals surface area contributed by atoms with Gasteiger partial charge in [-0.3, -0.25) is 4.79 Å². The smallest absolute Gasteiger partial charge is 0.331 e. The van der Waals surface area contributed by atoms with Gasteiger partial charge in [0.1, 0.15) is 90.4 Å². The predicted molar refractivity (Wildman–Crippen MR) is 284 cm³/mol. The molecule has 6 aromatic carbocycles. The third-order valence-electron chi connectivity index (χ3n) is 12.5. The Balaban J connectivity index is 0.000000128. The Labute approximate surface area is 426 Å². The van der Waals surface area contributed by atoms with Crippen LogP contribution >= 0.6 is 0 Å². The van der Waals surface area contributed by atoms with E-state index in [4.69, 9.17) is 19.4 Å². The fraction of sp³-hybridized carbons (Fsp3) is 0.0833. The summed E-state index contributed by atoms with van der Waals surface area (Å²) in [6.07, 6.45) is 1.64. The molecule has 6 aromatic heterocycles. The number of hydrogen-bond acceptors (Lipinski definition) is 13. The molecule has 0 aliphatic carbocycles. The van der Waals surface area contributed by atoms with Crippen molar-refractivity contribution in [1.82, 2.24) is 29.9 Å². The van der Waals surface area contributed by atoms with Gasteiger partial charge in [-0.2, -0.15) is 8.78 Å². The molecule has 15 heteroatoms. The second kappa shape index (κ2) is 20.7. The molecule has 0 atom stereocenters. The van der Waals surface area contributed by atoms with Crippen LogP contribution < -0.4 is 9.47 Å². The average molecular weight is 999 g/mol. The minimum absolute atomic E-state index is 0.0197. The van der Waals surface area contributed by atoms with Gasteiger partial charge in [0, 0.05) is 43.7 Å². The normalized spacial score (nSPS) is 11.3. The number of aryl methyl sites for hydroxylation is 2. The van der Waals surface area contributed by atoms with E-state index in [-0.39, 0.29) is 51.2 Å². The molecule has 0 aliphatic rings. The molecule has 0 spiro atoms. The van der Waals surface area contributed by atoms with Crippen molar-refractivity contribution in [2.75, 3.05) is 14.2 Å². The molecule has 75 heavy (non-hydrogen) atoms. The Bertz CT molecular complexity index is 3880. The molecule has 12 rings (SSSR count). The number of aromatic hydroxyl groups is 4. The number of phenols is 4. The molecule has 0 amide bonds. The van der Waals surface area contributed by atoms with Crippen LogP contribution in [-0.4, -0.2) is 70.3 Å². The van der Waals surface area contributed by atoms with Crippen LogP contribution in [0.15, 0.2) is 182 Å². The SMILES string of the molecule is COc1cccc2ccc(CCc3ccc4cccc(OC)c4n3)nc12.O=C(c1ccc2cccc(O)c2n1)c1ccc2cccc(O)c2n1.Oc1cccc2ccc(C(F)(F)c3ccc4cccc(O)c4n3)nc12. The van der Waals surface area contributed by atoms with Crippen molar-refractivity contribution in [3.05, 3.63) is 216 Å². The first-order valence-corrected chi connectivity index (χ1v) is 23.5. The maximum Gasteiger partial charge on any atom is 0.331 e. The van der Waals surface area contributed by atoms with Gasteiger partial charge in [0.15, 0.2) is 0 Å². The number of ketones is 1. The fourth-order valence-corrected chi connectivity index (χ4v) is 8.58. The highest BCUT2D eigenvalue weighted by molar-refractivity contribution is 6.08. The van der Waals surface area contributed by atoms with Crippen molar-refractivity contribution >= 4 is 71.2 Å². The molecule has 370 valence electrons. The molecule has 12 aromatic rings. The molecular weight excluding hydrogens is 955 g/mol. The van der Waals surface area contributed by atoms with Crippen LogP contribution in [0.5, 0.6) is 34.5 Å². The summed E-state index contributed by atoms with van der Waals surface area (Å²) < 4.78 is 40.7. The number of carbonyl (C=O) groups is 1. The third-order valence-corrected chi connectivity index (χ3v) is 12.5. The van der Waals surface area contributed by atoms with Crippen molar-refractivity contribution in [3.63, 3.8) is 0 Å². The molecule has 0 aliphatic heterocycles. The summed E-state index contributed by atoms with van der Waals surface area (Å²) in [5, 5.41) is 44.3. The van der Waals surface area contributed by atoms with E-state index >= 15 is 0 Å². The Hall–Kier alpha value is -9.89. The second-order valence-electron chi connectivity index (χ2n) is 17.3. The van der Waals surface area contributed by atoms with Gasteiger partial charge in [-0.05, 0) is 85.6 Å². The molecule has 0 saturated heterocycles. The summed E-state index contributed by atoms with van der Waals surface area (Å²) >= 11 is 0. The van der Waals surface area contributed by atoms with E-state index in [2.05, 4.69) is 44.2 Å². The molecule has 0 bridgehead atoms. The monoisotopic (exact) mass is 998 g/mol. The number of fused-ring (bicyclic) bond motifs is 6. The minimum atomic E-state index is -3.48. The summed E-state index contributed by atoms with van der Waals surface area (Å²) in [6.45, 7) is 0. The Kier molecular flexibility index (Phi) is 13.4. The standard InChI is InChI=1S/C22H20N2O2.C19H12F2N2O2.C19H12N2O3/c1-25-19-7-3-5-15-9-11-17(23-21(15)19)13-14-18-12-10-16-6-4-8-20(26-2)22(16)24-18;20-19(21,15-9-7-11-3-1-5-13(24)17(11)22-15)16-10-8-12-4-2-6-14(25)18(12)23-16;22-15-5-1-3-11-7-9-13(20-17(11)15)19(24)14-10-8-12-4-2-6-16(23)18(12)21-14/h3-12H,13-14H2,1-2H3;1-10,24-25H;1-10,22-23H. The summed E-state index contributed by atoms with van der Waals surface area (Å²) in [4.78, 5) is 38.6. The van der Waals surface area contributed by atoms with Gasteiger partial charge in [-0.25, -0.2) is 29.9 Å². The van der Waals surface area contributed by atoms with E-state index in [1.807, 2.05) is 48.5 Å². The molecular formula is C60H44F2N6O7. The first-order valence-electron chi connectivity index (χ1n) is 23.5. The van der Waals surface area contributed by atoms with Crippen molar-refractivity contribution in [2.45, 2.75) is 18.8 Å². The van der Waals surface area contributed by atoms with E-state index in [0.717, 1.165) is 68.3 Å². The molecule has 0 saturated carbocycles. The highest BCUT2D eigenvalue weighted by Crippen LogP contribution is 2.37. The Morgan fingerprint density at radius 3 is 1.05 bits per heavy atom. The molecule has 0 radical (unpaired) electrons. The number of pyridine rings is 6. The van der Waals surface area contributed by atoms with E-state index in [1.165, 1.54) is 48.5 Å². The number of hydrogen-bond donors (Lipinski definition) is 4. The number of nitrogens with zero attached hydrogens (tertiary/aromatic N) is 6. The number of halogens is 2. The van der Waals surface area contributed by atoms with Gasteiger partial charge in [0.2, 0.25) is 5.78 Å². The van der Waals surface area contributed by atoms with Crippen molar-refractivity contribution in [3.8, 4) is 34.5 Å². The molecule has 0 unspecified atom stereocenters. The lowest BCUT2D eigenvalue weighted by atomic mass is 10.1. The summed E-state index contributed by atoms with van der Waals surface area (Å²) in [6, 6.07) is 51.8. The van der Waals surface area contributed by atoms with E-state index < -0.39 is 17.3 Å². The van der Waals surface area contributed by atoms with E-state index in [1.54, 1.807) is 74.9 Å². The summed E-state index contributed by atoms with van der Waals surface area (Å²) in [7, 11) is 3.35. The zero-order chi connectivity index (χ0) is 52.2. The number of rotatable bonds is 9. The molecule has 4 N–H and O–H groups in total. The second-order valence-corrected chi connectivity index (χ2v) is 17.3. The maximum atomic E-state index is 14.9. The van der Waals surface area contributed by atoms with Crippen molar-refractivity contribution in [2.24, 2.45) is 0 Å². The number of alkyl halides is 2. The number of para-hydroxylation sites is 6. The summed E-state index contributed by atoms with van der Waals surface area (Å²) in [5.41, 5.74) is 4.13. The first kappa shape index (κ1) is 48.7. The molecule has 0 fully saturated rings. The molecule has 13 nitrogen and oxygen atoms in total. The first-order chi connectivity index (χ1) is 36.4. The van der Waals surface area contributed by atoms with Crippen LogP contribution in [0.3, 0.4) is 0 Å². The van der Waals surface area contributed by atoms with Gasteiger partial charge < -0.3 is 29.9 Å². The number of aromatic nitrogens is 6. The lowest BCUT2D eigenvalue weighted by Gasteiger charge is -2.16. The highest BCUT2D eigenvalue weighted by atomic mass is 19.3. The zero-order valence-electron chi connectivity index (χ0n) is 40.2. The van der Waals surface area contributed by atoms with E-state index in [9.17, 15) is 34.0 Å². The lowest BCUT2D eigenvalue weighted by Crippen LogP contribution is -2.18. The van der Waals surface area contributed by atoms with Crippen LogP contribution in [0.1, 0.15) is 39.0 Å². The number of ether oxygens (including phenoxy) is 2. The largest absolute Gasteiger partial charge is 0.506 e. The Morgan fingerprint density at radius 2 is 0.693 bits per heavy atom. The van der Waals surface area contributed by atoms with Crippen molar-refractivity contribution < 1.29 is 43.5 Å². The quantitative estimate of drug-likeness (QED) is 0.0999. The van der Waals surface area contributed by atoms with Gasteiger partial charge in [0.25, 0.3) is 0 Å². The maximum absolute atomic E-state index is 14.9. The van der Waals surface area contributed by atoms with Crippen molar-refractivity contribution in [1.29, 1.82) is 0 Å². The highest BCUT2D eigenvalue weighted by Gasteiger charge is 2.38. The Morgan fingerprint density at radius 1 is 0.387 bits per heavy atom. The number of carbonyl (C=O) groups excluding carboxylic acids is 1. The zero-order valence-corrected chi connectivity index (χ0v) is 40.2. The lowest BCUT2D eigenvalue weighted by molar-refractivity contribution is 0.0339. The average Bonchev–Trinajstić information content (AvgIpc) is 3.44. The summed E-state index contributed by atoms with van der Waals surface area (Å²) in [5.74, 6) is -2.54. The van der Waals surface area contributed by atoms with Crippen LogP contribution in [0, 0.1) is 0 Å². The minimum Gasteiger partial charge on any atom is -0.506 e. The number of phenolic OH excluding ortho intramolecular Hbond substituents is 4. The van der Waals surface area contributed by atoms with Crippen LogP contribution in [0.25, 0.3) is 65.4 Å². The van der Waals surface area contributed by atoms with Crippen LogP contribution in [0.4, 0.5) is 8.78 Å². The van der Waals surface area contributed by atoms with Gasteiger partial charge in [-0.1, -0.05) is 109 Å². The van der Waals surface area contributed by atoms with Crippen LogP contribution in [-0.2, 0) is 18.8 Å².